The molecular weight excluding hydrogens is 342 g/mol. The molecule has 1 aromatic heterocycles. The van der Waals surface area contributed by atoms with Crippen molar-refractivity contribution in [2.75, 3.05) is 0 Å². The third kappa shape index (κ3) is 4.35. The van der Waals surface area contributed by atoms with E-state index in [0.717, 1.165) is 16.4 Å². The largest absolute Gasteiger partial charge is 0.351 e. The Morgan fingerprint density at radius 1 is 1.19 bits per heavy atom. The molecule has 5 heteroatoms. The van der Waals surface area contributed by atoms with Gasteiger partial charge in [0.15, 0.2) is 5.16 Å². The second-order valence-corrected chi connectivity index (χ2v) is 7.64. The van der Waals surface area contributed by atoms with Crippen molar-refractivity contribution in [2.24, 2.45) is 0 Å². The topological polar surface area (TPSA) is 46.9 Å². The van der Waals surface area contributed by atoms with Crippen LogP contribution in [-0.4, -0.2) is 20.7 Å². The number of carbonyl (C=O) groups excluding carboxylic acids is 1. The van der Waals surface area contributed by atoms with Crippen LogP contribution in [0.3, 0.4) is 0 Å². The Bertz CT molecular complexity index is 889. The summed E-state index contributed by atoms with van der Waals surface area (Å²) in [6, 6.07) is 16.3. The van der Waals surface area contributed by atoms with Gasteiger partial charge in [-0.15, -0.1) is 0 Å². The van der Waals surface area contributed by atoms with Gasteiger partial charge in [-0.2, -0.15) is 0 Å². The van der Waals surface area contributed by atoms with Crippen LogP contribution in [0.1, 0.15) is 23.6 Å². The highest BCUT2D eigenvalue weighted by molar-refractivity contribution is 8.00. The standard InChI is InChI=1S/C21H23N3OS/c1-15-9-10-16(2)19(13-15)24-12-11-22-21(24)26-17(3)20(25)23-14-18-7-5-4-6-8-18/h4-13,17H,14H2,1-3H3,(H,23,25). The second kappa shape index (κ2) is 8.23. The molecule has 0 aliphatic carbocycles. The molecule has 0 saturated carbocycles. The summed E-state index contributed by atoms with van der Waals surface area (Å²) in [5.41, 5.74) is 4.57. The number of hydrogen-bond donors (Lipinski definition) is 1. The van der Waals surface area contributed by atoms with E-state index >= 15 is 0 Å². The maximum Gasteiger partial charge on any atom is 0.233 e. The minimum absolute atomic E-state index is 0.00867. The Kier molecular flexibility index (Phi) is 5.78. The Balaban J connectivity index is 1.68. The van der Waals surface area contributed by atoms with Gasteiger partial charge in [0.2, 0.25) is 5.91 Å². The molecule has 4 nitrogen and oxygen atoms in total. The fourth-order valence-electron chi connectivity index (χ4n) is 2.68. The van der Waals surface area contributed by atoms with Crippen LogP contribution >= 0.6 is 11.8 Å². The summed E-state index contributed by atoms with van der Waals surface area (Å²) < 4.78 is 2.05. The fraction of sp³-hybridized carbons (Fsp3) is 0.238. The first kappa shape index (κ1) is 18.3. The fourth-order valence-corrected chi connectivity index (χ4v) is 3.58. The van der Waals surface area contributed by atoms with E-state index in [4.69, 9.17) is 0 Å². The molecule has 1 unspecified atom stereocenters. The van der Waals surface area contributed by atoms with Crippen LogP contribution in [-0.2, 0) is 11.3 Å². The summed E-state index contributed by atoms with van der Waals surface area (Å²) in [6.45, 7) is 6.61. The zero-order valence-corrected chi connectivity index (χ0v) is 16.1. The lowest BCUT2D eigenvalue weighted by molar-refractivity contribution is -0.120. The molecular formula is C21H23N3OS. The Morgan fingerprint density at radius 3 is 2.73 bits per heavy atom. The van der Waals surface area contributed by atoms with Crippen LogP contribution in [0.2, 0.25) is 0 Å². The molecule has 3 rings (SSSR count). The molecule has 0 aliphatic heterocycles. The molecule has 3 aromatic rings. The van der Waals surface area contributed by atoms with Gasteiger partial charge in [-0.05, 0) is 43.5 Å². The Labute approximate surface area is 158 Å². The molecule has 1 amide bonds. The first-order chi connectivity index (χ1) is 12.5. The van der Waals surface area contributed by atoms with E-state index in [1.54, 1.807) is 6.20 Å². The van der Waals surface area contributed by atoms with Gasteiger partial charge in [-0.25, -0.2) is 4.98 Å². The van der Waals surface area contributed by atoms with E-state index < -0.39 is 0 Å². The Hall–Kier alpha value is -2.53. The first-order valence-corrected chi connectivity index (χ1v) is 9.52. The number of nitrogens with zero attached hydrogens (tertiary/aromatic N) is 2. The molecule has 134 valence electrons. The highest BCUT2D eigenvalue weighted by Gasteiger charge is 2.18. The first-order valence-electron chi connectivity index (χ1n) is 8.64. The van der Waals surface area contributed by atoms with Gasteiger partial charge >= 0.3 is 0 Å². The van der Waals surface area contributed by atoms with Gasteiger partial charge in [0, 0.05) is 18.9 Å². The smallest absolute Gasteiger partial charge is 0.233 e. The van der Waals surface area contributed by atoms with E-state index in [0.29, 0.717) is 6.54 Å². The van der Waals surface area contributed by atoms with Gasteiger partial charge in [0.25, 0.3) is 0 Å². The predicted octanol–water partition coefficient (Wildman–Crippen LogP) is 4.29. The molecule has 0 fully saturated rings. The molecule has 2 aromatic carbocycles. The Morgan fingerprint density at radius 2 is 1.96 bits per heavy atom. The van der Waals surface area contributed by atoms with Crippen molar-refractivity contribution < 1.29 is 4.79 Å². The summed E-state index contributed by atoms with van der Waals surface area (Å²) in [5, 5.41) is 3.58. The number of benzene rings is 2. The summed E-state index contributed by atoms with van der Waals surface area (Å²) in [4.78, 5) is 16.9. The second-order valence-electron chi connectivity index (χ2n) is 6.33. The lowest BCUT2D eigenvalue weighted by atomic mass is 10.1. The van der Waals surface area contributed by atoms with Crippen molar-refractivity contribution in [1.82, 2.24) is 14.9 Å². The van der Waals surface area contributed by atoms with E-state index in [-0.39, 0.29) is 11.2 Å². The third-order valence-electron chi connectivity index (χ3n) is 4.19. The van der Waals surface area contributed by atoms with Crippen LogP contribution in [0.5, 0.6) is 0 Å². The molecule has 0 radical (unpaired) electrons. The SMILES string of the molecule is Cc1ccc(C)c(-n2ccnc2SC(C)C(=O)NCc2ccccc2)c1. The summed E-state index contributed by atoms with van der Waals surface area (Å²) in [7, 11) is 0. The maximum absolute atomic E-state index is 12.4. The quantitative estimate of drug-likeness (QED) is 0.663. The number of thioether (sulfide) groups is 1. The van der Waals surface area contributed by atoms with Crippen molar-refractivity contribution in [2.45, 2.75) is 37.7 Å². The molecule has 1 N–H and O–H groups in total. The van der Waals surface area contributed by atoms with Gasteiger partial charge in [-0.1, -0.05) is 54.2 Å². The number of nitrogens with one attached hydrogen (secondary N) is 1. The number of aryl methyl sites for hydroxylation is 2. The average Bonchev–Trinajstić information content (AvgIpc) is 3.10. The van der Waals surface area contributed by atoms with Gasteiger partial charge in [0.05, 0.1) is 10.9 Å². The van der Waals surface area contributed by atoms with Crippen LogP contribution in [0.25, 0.3) is 5.69 Å². The summed E-state index contributed by atoms with van der Waals surface area (Å²) in [5.74, 6) is 0.00867. The average molecular weight is 366 g/mol. The van der Waals surface area contributed by atoms with Crippen molar-refractivity contribution in [3.63, 3.8) is 0 Å². The monoisotopic (exact) mass is 365 g/mol. The minimum Gasteiger partial charge on any atom is -0.351 e. The lowest BCUT2D eigenvalue weighted by Gasteiger charge is -2.15. The van der Waals surface area contributed by atoms with E-state index in [1.807, 2.05) is 48.0 Å². The number of carbonyl (C=O) groups is 1. The number of amides is 1. The summed E-state index contributed by atoms with van der Waals surface area (Å²) in [6.07, 6.45) is 3.72. The van der Waals surface area contributed by atoms with Gasteiger partial charge < -0.3 is 5.32 Å². The van der Waals surface area contributed by atoms with Crippen molar-refractivity contribution in [1.29, 1.82) is 0 Å². The minimum atomic E-state index is -0.232. The molecule has 1 heterocycles. The summed E-state index contributed by atoms with van der Waals surface area (Å²) >= 11 is 1.47. The lowest BCUT2D eigenvalue weighted by Crippen LogP contribution is -2.30. The third-order valence-corrected chi connectivity index (χ3v) is 5.27. The zero-order chi connectivity index (χ0) is 18.5. The molecule has 0 saturated heterocycles. The van der Waals surface area contributed by atoms with Crippen molar-refractivity contribution in [3.8, 4) is 5.69 Å². The predicted molar refractivity (Wildman–Crippen MR) is 107 cm³/mol. The molecule has 1 atom stereocenters. The van der Waals surface area contributed by atoms with E-state index in [2.05, 4.69) is 42.3 Å². The zero-order valence-electron chi connectivity index (χ0n) is 15.3. The number of rotatable bonds is 6. The van der Waals surface area contributed by atoms with Crippen molar-refractivity contribution >= 4 is 17.7 Å². The maximum atomic E-state index is 12.4. The van der Waals surface area contributed by atoms with Crippen LogP contribution in [0.15, 0.2) is 66.1 Å². The van der Waals surface area contributed by atoms with Crippen LogP contribution < -0.4 is 5.32 Å². The highest BCUT2D eigenvalue weighted by atomic mass is 32.2. The highest BCUT2D eigenvalue weighted by Crippen LogP contribution is 2.26. The number of imidazole rings is 1. The molecule has 0 bridgehead atoms. The molecule has 0 spiro atoms. The normalized spacial score (nSPS) is 12.0. The number of aromatic nitrogens is 2. The number of hydrogen-bond acceptors (Lipinski definition) is 3. The van der Waals surface area contributed by atoms with E-state index in [1.165, 1.54) is 22.9 Å². The van der Waals surface area contributed by atoms with Crippen LogP contribution in [0, 0.1) is 13.8 Å². The van der Waals surface area contributed by atoms with Crippen LogP contribution in [0.4, 0.5) is 0 Å². The van der Waals surface area contributed by atoms with Gasteiger partial charge in [0.1, 0.15) is 0 Å². The van der Waals surface area contributed by atoms with Gasteiger partial charge in [-0.3, -0.25) is 9.36 Å². The van der Waals surface area contributed by atoms with Crippen molar-refractivity contribution in [3.05, 3.63) is 77.6 Å². The molecule has 0 aliphatic rings. The van der Waals surface area contributed by atoms with E-state index in [9.17, 15) is 4.79 Å². The molecule has 26 heavy (non-hydrogen) atoms.